The van der Waals surface area contributed by atoms with E-state index < -0.39 is 0 Å². The van der Waals surface area contributed by atoms with Crippen molar-refractivity contribution in [3.8, 4) is 0 Å². The molecule has 9 heavy (non-hydrogen) atoms. The van der Waals surface area contributed by atoms with Crippen molar-refractivity contribution in [3.63, 3.8) is 0 Å². The Morgan fingerprint density at radius 1 is 1.78 bits per heavy atom. The van der Waals surface area contributed by atoms with Crippen LogP contribution in [0.4, 0.5) is 0 Å². The second-order valence-corrected chi connectivity index (χ2v) is 1.72. The van der Waals surface area contributed by atoms with Crippen LogP contribution < -0.4 is 11.1 Å². The van der Waals surface area contributed by atoms with Gasteiger partial charge in [0.2, 0.25) is 5.91 Å². The molecular weight excluding hydrogens is 116 g/mol. The zero-order valence-electron chi connectivity index (χ0n) is 5.77. The minimum atomic E-state index is -0.148. The maximum Gasteiger partial charge on any atom is 0.237 e. The van der Waals surface area contributed by atoms with E-state index in [0.717, 1.165) is 5.70 Å². The zero-order chi connectivity index (χ0) is 7.28. The Kier molecular flexibility index (Phi) is 3.71. The molecule has 0 spiro atoms. The first-order chi connectivity index (χ1) is 4.20. The van der Waals surface area contributed by atoms with Crippen molar-refractivity contribution < 1.29 is 4.79 Å². The van der Waals surface area contributed by atoms with Crippen molar-refractivity contribution in [1.29, 1.82) is 0 Å². The van der Waals surface area contributed by atoms with Crippen molar-refractivity contribution in [2.45, 2.75) is 13.8 Å². The summed E-state index contributed by atoms with van der Waals surface area (Å²) in [5.74, 6) is -0.148. The Balaban J connectivity index is 3.60. The van der Waals surface area contributed by atoms with Crippen LogP contribution in [0.15, 0.2) is 11.8 Å². The van der Waals surface area contributed by atoms with E-state index in [0.29, 0.717) is 0 Å². The summed E-state index contributed by atoms with van der Waals surface area (Å²) in [4.78, 5) is 10.5. The van der Waals surface area contributed by atoms with Gasteiger partial charge in [-0.25, -0.2) is 0 Å². The highest BCUT2D eigenvalue weighted by atomic mass is 16.1. The Bertz CT molecular complexity index is 129. The predicted octanol–water partition coefficient (Wildman–Crippen LogP) is -0.0150. The first kappa shape index (κ1) is 8.17. The van der Waals surface area contributed by atoms with Gasteiger partial charge in [-0.3, -0.25) is 4.79 Å². The molecule has 0 aliphatic rings. The van der Waals surface area contributed by atoms with Crippen LogP contribution in [0.25, 0.3) is 0 Å². The molecule has 0 saturated carbocycles. The largest absolute Gasteiger partial charge is 0.329 e. The van der Waals surface area contributed by atoms with Gasteiger partial charge in [0.25, 0.3) is 0 Å². The molecule has 3 N–H and O–H groups in total. The fraction of sp³-hybridized carbons (Fsp3) is 0.500. The topological polar surface area (TPSA) is 55.1 Å². The third-order valence-electron chi connectivity index (χ3n) is 0.955. The summed E-state index contributed by atoms with van der Waals surface area (Å²) in [6.45, 7) is 3.71. The van der Waals surface area contributed by atoms with Gasteiger partial charge in [-0.05, 0) is 13.8 Å². The highest BCUT2D eigenvalue weighted by Gasteiger charge is 1.93. The number of carbonyl (C=O) groups excluding carboxylic acids is 1. The Hall–Kier alpha value is -0.830. The molecule has 0 bridgehead atoms. The third kappa shape index (κ3) is 3.73. The molecular formula is C6H12N2O. The lowest BCUT2D eigenvalue weighted by atomic mass is 10.4. The molecule has 0 aromatic rings. The van der Waals surface area contributed by atoms with Gasteiger partial charge in [-0.2, -0.15) is 0 Å². The number of rotatable bonds is 2. The van der Waals surface area contributed by atoms with Gasteiger partial charge in [-0.15, -0.1) is 0 Å². The molecule has 0 aliphatic carbocycles. The standard InChI is InChI=1S/C6H12N2O/c1-3-5(2)8-6(9)4-7/h3H,4,7H2,1-2H3,(H,8,9). The fourth-order valence-corrected chi connectivity index (χ4v) is 0.343. The zero-order valence-corrected chi connectivity index (χ0v) is 5.77. The van der Waals surface area contributed by atoms with Crippen molar-refractivity contribution in [3.05, 3.63) is 11.8 Å². The van der Waals surface area contributed by atoms with Crippen molar-refractivity contribution in [2.24, 2.45) is 5.73 Å². The summed E-state index contributed by atoms with van der Waals surface area (Å²) in [5, 5.41) is 2.58. The van der Waals surface area contributed by atoms with Gasteiger partial charge in [0, 0.05) is 5.70 Å². The third-order valence-corrected chi connectivity index (χ3v) is 0.955. The van der Waals surface area contributed by atoms with Crippen molar-refractivity contribution >= 4 is 5.91 Å². The number of allylic oxidation sites excluding steroid dienone is 2. The number of nitrogens with two attached hydrogens (primary N) is 1. The normalized spacial score (nSPS) is 11.2. The Morgan fingerprint density at radius 2 is 2.33 bits per heavy atom. The van der Waals surface area contributed by atoms with Crippen molar-refractivity contribution in [2.75, 3.05) is 6.54 Å². The summed E-state index contributed by atoms with van der Waals surface area (Å²) in [5.41, 5.74) is 5.87. The monoisotopic (exact) mass is 128 g/mol. The first-order valence-electron chi connectivity index (χ1n) is 2.83. The predicted molar refractivity (Wildman–Crippen MR) is 36.6 cm³/mol. The molecule has 52 valence electrons. The molecule has 0 aliphatic heterocycles. The summed E-state index contributed by atoms with van der Waals surface area (Å²) in [7, 11) is 0. The van der Waals surface area contributed by atoms with Crippen LogP contribution in [0.5, 0.6) is 0 Å². The van der Waals surface area contributed by atoms with E-state index >= 15 is 0 Å². The van der Waals surface area contributed by atoms with E-state index in [2.05, 4.69) is 5.32 Å². The van der Waals surface area contributed by atoms with Crippen molar-refractivity contribution in [1.82, 2.24) is 5.32 Å². The Labute approximate surface area is 54.9 Å². The molecule has 0 fully saturated rings. The number of hydrogen-bond acceptors (Lipinski definition) is 2. The van der Waals surface area contributed by atoms with Crippen LogP contribution in [-0.4, -0.2) is 12.5 Å². The highest BCUT2D eigenvalue weighted by molar-refractivity contribution is 5.79. The lowest BCUT2D eigenvalue weighted by Crippen LogP contribution is -2.28. The minimum Gasteiger partial charge on any atom is -0.329 e. The molecule has 0 saturated heterocycles. The smallest absolute Gasteiger partial charge is 0.237 e. The molecule has 0 rings (SSSR count). The SMILES string of the molecule is CC=C(C)NC(=O)CN. The van der Waals surface area contributed by atoms with E-state index in [4.69, 9.17) is 5.73 Å². The fourth-order valence-electron chi connectivity index (χ4n) is 0.343. The quantitative estimate of drug-likeness (QED) is 0.549. The molecule has 0 aromatic heterocycles. The average Bonchev–Trinajstić information content (AvgIpc) is 1.87. The molecule has 0 aromatic carbocycles. The van der Waals surface area contributed by atoms with Crippen LogP contribution in [-0.2, 0) is 4.79 Å². The molecule has 1 amide bonds. The molecule has 0 radical (unpaired) electrons. The molecule has 3 heteroatoms. The van der Waals surface area contributed by atoms with E-state index in [1.54, 1.807) is 0 Å². The second kappa shape index (κ2) is 4.09. The second-order valence-electron chi connectivity index (χ2n) is 1.72. The van der Waals surface area contributed by atoms with E-state index in [9.17, 15) is 4.79 Å². The number of hydrogen-bond donors (Lipinski definition) is 2. The van der Waals surface area contributed by atoms with Gasteiger partial charge >= 0.3 is 0 Å². The lowest BCUT2D eigenvalue weighted by Gasteiger charge is -1.99. The molecule has 0 unspecified atom stereocenters. The first-order valence-corrected chi connectivity index (χ1v) is 2.83. The lowest BCUT2D eigenvalue weighted by molar-refractivity contribution is -0.119. The van der Waals surface area contributed by atoms with Gasteiger partial charge < -0.3 is 11.1 Å². The number of amides is 1. The number of nitrogens with one attached hydrogen (secondary N) is 1. The van der Waals surface area contributed by atoms with Crippen LogP contribution in [0, 0.1) is 0 Å². The highest BCUT2D eigenvalue weighted by Crippen LogP contribution is 1.82. The van der Waals surface area contributed by atoms with Gasteiger partial charge in [0.1, 0.15) is 0 Å². The van der Waals surface area contributed by atoms with Gasteiger partial charge in [-0.1, -0.05) is 6.08 Å². The summed E-state index contributed by atoms with van der Waals surface area (Å²) >= 11 is 0. The van der Waals surface area contributed by atoms with Crippen LogP contribution in [0.3, 0.4) is 0 Å². The average molecular weight is 128 g/mol. The maximum atomic E-state index is 10.5. The molecule has 0 atom stereocenters. The number of carbonyl (C=O) groups is 1. The molecule has 3 nitrogen and oxygen atoms in total. The minimum absolute atomic E-state index is 0.0468. The summed E-state index contributed by atoms with van der Waals surface area (Å²) in [6, 6.07) is 0. The maximum absolute atomic E-state index is 10.5. The van der Waals surface area contributed by atoms with Crippen LogP contribution in [0.2, 0.25) is 0 Å². The van der Waals surface area contributed by atoms with Crippen LogP contribution in [0.1, 0.15) is 13.8 Å². The molecule has 0 heterocycles. The van der Waals surface area contributed by atoms with E-state index in [1.807, 2.05) is 19.9 Å². The van der Waals surface area contributed by atoms with Gasteiger partial charge in [0.15, 0.2) is 0 Å². The van der Waals surface area contributed by atoms with Crippen LogP contribution >= 0.6 is 0 Å². The van der Waals surface area contributed by atoms with Gasteiger partial charge in [0.05, 0.1) is 6.54 Å². The Morgan fingerprint density at radius 3 is 2.67 bits per heavy atom. The summed E-state index contributed by atoms with van der Waals surface area (Å²) < 4.78 is 0. The summed E-state index contributed by atoms with van der Waals surface area (Å²) in [6.07, 6.45) is 1.81. The van der Waals surface area contributed by atoms with E-state index in [1.165, 1.54) is 0 Å². The van der Waals surface area contributed by atoms with E-state index in [-0.39, 0.29) is 12.5 Å².